The van der Waals surface area contributed by atoms with Gasteiger partial charge in [-0.15, -0.1) is 0 Å². The van der Waals surface area contributed by atoms with E-state index in [1.54, 1.807) is 0 Å². The fraction of sp³-hybridized carbons (Fsp3) is 0.500. The predicted octanol–water partition coefficient (Wildman–Crippen LogP) is 7.38. The van der Waals surface area contributed by atoms with Crippen LogP contribution in [0.25, 0.3) is 22.3 Å². The van der Waals surface area contributed by atoms with E-state index in [1.807, 2.05) is 53.2 Å². The predicted molar refractivity (Wildman–Crippen MR) is 207 cm³/mol. The van der Waals surface area contributed by atoms with E-state index >= 15 is 0 Å². The molecule has 11 nitrogen and oxygen atoms in total. The van der Waals surface area contributed by atoms with Gasteiger partial charge in [0.1, 0.15) is 23.6 Å². The molecule has 2 aromatic heterocycles. The van der Waals surface area contributed by atoms with Crippen LogP contribution < -0.4 is 21.1 Å². The van der Waals surface area contributed by atoms with E-state index in [0.29, 0.717) is 51.7 Å². The van der Waals surface area contributed by atoms with Crippen molar-refractivity contribution < 1.29 is 14.3 Å². The van der Waals surface area contributed by atoms with Gasteiger partial charge in [0, 0.05) is 37.7 Å². The average molecular weight is 717 g/mol. The maximum Gasteiger partial charge on any atom is 0.247 e. The van der Waals surface area contributed by atoms with E-state index < -0.39 is 0 Å². The smallest absolute Gasteiger partial charge is 0.247 e. The molecule has 9 rings (SSSR count). The molecule has 4 saturated carbocycles. The molecule has 4 aliphatic carbocycles. The molecular formula is C42H52N8O3. The van der Waals surface area contributed by atoms with Gasteiger partial charge in [0.25, 0.3) is 0 Å². The summed E-state index contributed by atoms with van der Waals surface area (Å²) >= 11 is 0. The molecule has 0 spiro atoms. The van der Waals surface area contributed by atoms with Crippen LogP contribution in [0.15, 0.2) is 67.5 Å². The molecule has 4 N–H and O–H groups in total. The number of carbonyl (C=O) groups is 2. The first-order valence-corrected chi connectivity index (χ1v) is 19.6. The Balaban J connectivity index is 0.892. The number of benzene rings is 2. The van der Waals surface area contributed by atoms with Crippen molar-refractivity contribution in [3.8, 4) is 22.8 Å². The molecule has 53 heavy (non-hydrogen) atoms. The van der Waals surface area contributed by atoms with Crippen molar-refractivity contribution in [2.75, 3.05) is 37.2 Å². The molecule has 1 saturated heterocycles. The molecule has 278 valence electrons. The molecule has 1 atom stereocenters. The van der Waals surface area contributed by atoms with E-state index in [0.717, 1.165) is 62.2 Å². The van der Waals surface area contributed by atoms with Crippen molar-refractivity contribution in [3.63, 3.8) is 0 Å². The van der Waals surface area contributed by atoms with Gasteiger partial charge in [-0.2, -0.15) is 5.10 Å². The summed E-state index contributed by atoms with van der Waals surface area (Å²) in [5.74, 6) is 4.26. The van der Waals surface area contributed by atoms with E-state index in [1.165, 1.54) is 57.3 Å². The van der Waals surface area contributed by atoms with Crippen molar-refractivity contribution in [2.45, 2.75) is 77.2 Å². The van der Waals surface area contributed by atoms with Crippen LogP contribution >= 0.6 is 0 Å². The lowest BCUT2D eigenvalue weighted by atomic mass is 9.48. The third kappa shape index (κ3) is 7.54. The number of fused-ring (bicyclic) bond motifs is 1. The minimum atomic E-state index is -0.355. The molecule has 5 fully saturated rings. The molecule has 2 amide bonds. The minimum Gasteiger partial charge on any atom is -0.455 e. The number of nitrogens with two attached hydrogens (primary N) is 1. The Kier molecular flexibility index (Phi) is 9.93. The van der Waals surface area contributed by atoms with E-state index in [2.05, 4.69) is 39.0 Å². The lowest BCUT2D eigenvalue weighted by Gasteiger charge is -2.57. The van der Waals surface area contributed by atoms with Crippen molar-refractivity contribution in [1.29, 1.82) is 0 Å². The molecular weight excluding hydrogens is 665 g/mol. The summed E-state index contributed by atoms with van der Waals surface area (Å²) in [5.41, 5.74) is 9.54. The Bertz CT molecular complexity index is 1930. The van der Waals surface area contributed by atoms with Crippen LogP contribution in [0.4, 0.5) is 11.5 Å². The van der Waals surface area contributed by atoms with Gasteiger partial charge in [-0.3, -0.25) is 9.59 Å². The number of hydrogen-bond donors (Lipinski definition) is 3. The Morgan fingerprint density at radius 2 is 1.75 bits per heavy atom. The lowest BCUT2D eigenvalue weighted by molar-refractivity contribution is -0.125. The van der Waals surface area contributed by atoms with E-state index in [9.17, 15) is 9.59 Å². The number of nitrogens with one attached hydrogen (secondary N) is 2. The van der Waals surface area contributed by atoms with Gasteiger partial charge < -0.3 is 26.0 Å². The van der Waals surface area contributed by atoms with Gasteiger partial charge in [-0.05, 0) is 124 Å². The molecule has 4 bridgehead atoms. The second kappa shape index (κ2) is 14.9. The van der Waals surface area contributed by atoms with E-state index in [4.69, 9.17) is 15.6 Å². The number of nitrogen functional groups attached to an aromatic ring is 1. The summed E-state index contributed by atoms with van der Waals surface area (Å²) in [7, 11) is 0. The monoisotopic (exact) mass is 716 g/mol. The van der Waals surface area contributed by atoms with Gasteiger partial charge in [0.15, 0.2) is 11.4 Å². The number of piperidine rings is 1. The van der Waals surface area contributed by atoms with Crippen molar-refractivity contribution in [2.24, 2.45) is 29.1 Å². The van der Waals surface area contributed by atoms with Crippen LogP contribution in [0.5, 0.6) is 11.5 Å². The fourth-order valence-electron chi connectivity index (χ4n) is 10.3. The Morgan fingerprint density at radius 3 is 2.45 bits per heavy atom. The number of aromatic nitrogens is 4. The highest BCUT2D eigenvalue weighted by molar-refractivity contribution is 6.02. The highest BCUT2D eigenvalue weighted by Crippen LogP contribution is 2.61. The molecule has 11 heteroatoms. The topological polar surface area (TPSA) is 140 Å². The van der Waals surface area contributed by atoms with Gasteiger partial charge in [0.2, 0.25) is 11.8 Å². The van der Waals surface area contributed by atoms with Crippen LogP contribution in [-0.2, 0) is 9.59 Å². The van der Waals surface area contributed by atoms with Gasteiger partial charge in [-0.25, -0.2) is 14.6 Å². The summed E-state index contributed by atoms with van der Waals surface area (Å²) in [6.45, 7) is 9.00. The number of hydrogen-bond acceptors (Lipinski definition) is 8. The zero-order valence-corrected chi connectivity index (χ0v) is 30.8. The maximum atomic E-state index is 13.1. The second-order valence-corrected chi connectivity index (χ2v) is 16.3. The van der Waals surface area contributed by atoms with Crippen molar-refractivity contribution >= 4 is 34.4 Å². The van der Waals surface area contributed by atoms with Crippen molar-refractivity contribution in [1.82, 2.24) is 30.0 Å². The summed E-state index contributed by atoms with van der Waals surface area (Å²) in [6.07, 6.45) is 15.3. The Hall–Kier alpha value is -4.77. The first-order valence-electron chi connectivity index (χ1n) is 19.6. The Morgan fingerprint density at radius 1 is 1.04 bits per heavy atom. The Labute approximate surface area is 311 Å². The summed E-state index contributed by atoms with van der Waals surface area (Å²) in [4.78, 5) is 36.9. The SMILES string of the molecule is C=CC(=O)Nc1cc(-c2nn(C3CCN(CCNC(=O)[C@H](C)CCC45CC6CC(CC(C6)C4)C5)CC3)c3ncnc(N)c23)ccc1Oc1ccccc1. The number of ether oxygens (including phenoxy) is 1. The highest BCUT2D eigenvalue weighted by Gasteiger charge is 2.50. The fourth-order valence-corrected chi connectivity index (χ4v) is 10.3. The molecule has 4 aromatic rings. The summed E-state index contributed by atoms with van der Waals surface area (Å²) < 4.78 is 8.11. The zero-order valence-electron chi connectivity index (χ0n) is 30.8. The highest BCUT2D eigenvalue weighted by atomic mass is 16.5. The number of rotatable bonds is 13. The molecule has 0 radical (unpaired) electrons. The maximum absolute atomic E-state index is 13.1. The molecule has 2 aromatic carbocycles. The van der Waals surface area contributed by atoms with Crippen LogP contribution in [0.2, 0.25) is 0 Å². The van der Waals surface area contributed by atoms with Gasteiger partial charge in [-0.1, -0.05) is 31.7 Å². The molecule has 1 aliphatic heterocycles. The largest absolute Gasteiger partial charge is 0.455 e. The van der Waals surface area contributed by atoms with Crippen LogP contribution in [0, 0.1) is 29.1 Å². The second-order valence-electron chi connectivity index (χ2n) is 16.3. The molecule has 5 aliphatic rings. The summed E-state index contributed by atoms with van der Waals surface area (Å²) in [5, 5.41) is 11.9. The van der Waals surface area contributed by atoms with E-state index in [-0.39, 0.29) is 23.8 Å². The third-order valence-electron chi connectivity index (χ3n) is 12.5. The van der Waals surface area contributed by atoms with Crippen LogP contribution in [-0.4, -0.2) is 62.6 Å². The minimum absolute atomic E-state index is 0.0624. The standard InChI is InChI=1S/C42H52N8O3/c1-3-36(51)47-34-22-31(9-10-35(34)53-33-7-5-4-6-8-33)38-37-39(43)45-26-46-40(37)50(48-38)32-12-16-49(17-13-32)18-15-44-41(52)27(2)11-14-42-23-28-19-29(24-42)21-30(20-28)25-42/h3-10,22,26-30,32H,1,11-21,23-25H2,2H3,(H,44,52)(H,47,51)(H2,43,45,46)/t27-,28?,29?,30?,42?/m1/s1. The number of carbonyl (C=O) groups excluding carboxylic acids is 2. The third-order valence-corrected chi connectivity index (χ3v) is 12.5. The quantitative estimate of drug-likeness (QED) is 0.122. The first kappa shape index (κ1) is 35.3. The number of nitrogens with zero attached hydrogens (tertiary/aromatic N) is 5. The molecule has 0 unspecified atom stereocenters. The number of likely N-dealkylation sites (tertiary alicyclic amines) is 1. The van der Waals surface area contributed by atoms with Crippen molar-refractivity contribution in [3.05, 3.63) is 67.5 Å². The first-order chi connectivity index (χ1) is 25.8. The van der Waals surface area contributed by atoms with Gasteiger partial charge >= 0.3 is 0 Å². The number of anilines is 2. The lowest BCUT2D eigenvalue weighted by Crippen LogP contribution is -2.46. The summed E-state index contributed by atoms with van der Waals surface area (Å²) in [6, 6.07) is 15.1. The molecule has 3 heterocycles. The normalized spacial score (nSPS) is 24.6. The van der Waals surface area contributed by atoms with Crippen LogP contribution in [0.1, 0.15) is 77.2 Å². The average Bonchev–Trinajstić information content (AvgIpc) is 3.55. The zero-order chi connectivity index (χ0) is 36.5. The van der Waals surface area contributed by atoms with Gasteiger partial charge in [0.05, 0.1) is 17.1 Å². The van der Waals surface area contributed by atoms with Crippen LogP contribution in [0.3, 0.4) is 0 Å². The number of amides is 2. The number of para-hydroxylation sites is 1.